The van der Waals surface area contributed by atoms with Crippen molar-refractivity contribution in [2.45, 2.75) is 61.9 Å². The molecule has 42 heavy (non-hydrogen) atoms. The zero-order valence-electron chi connectivity index (χ0n) is 22.6. The predicted octanol–water partition coefficient (Wildman–Crippen LogP) is 4.50. The van der Waals surface area contributed by atoms with Crippen LogP contribution < -0.4 is 10.2 Å². The second kappa shape index (κ2) is 10.4. The number of hydrogen-bond donors (Lipinski definition) is 1. The number of fused-ring (bicyclic) bond motifs is 1. The Kier molecular flexibility index (Phi) is 6.95. The lowest BCUT2D eigenvalue weighted by atomic mass is 10.0. The second-order valence-corrected chi connectivity index (χ2v) is 13.1. The zero-order valence-corrected chi connectivity index (χ0v) is 23.5. The fraction of sp³-hybridized carbons (Fsp3) is 0.379. The molecule has 1 atom stereocenters. The van der Waals surface area contributed by atoms with E-state index in [0.29, 0.717) is 34.9 Å². The Morgan fingerprint density at radius 2 is 1.69 bits per heavy atom. The molecule has 1 aliphatic heterocycles. The molecule has 2 saturated carbocycles. The Labute approximate surface area is 240 Å². The average Bonchev–Trinajstić information content (AvgIpc) is 3.87. The SMILES string of the molecule is CS(=O)(=O)c1ccc2c(c1)CN(C(=O)C1CC1)[C@H]2C(=O)Nc1cnc(N(Cc2ccc(C(F)(F)F)cc2)C2CC2)nc1. The molecule has 3 aliphatic rings. The van der Waals surface area contributed by atoms with Crippen LogP contribution in [0.15, 0.2) is 59.8 Å². The predicted molar refractivity (Wildman–Crippen MR) is 147 cm³/mol. The minimum atomic E-state index is -4.40. The van der Waals surface area contributed by atoms with Crippen molar-refractivity contribution in [3.05, 3.63) is 77.1 Å². The highest BCUT2D eigenvalue weighted by Crippen LogP contribution is 2.41. The summed E-state index contributed by atoms with van der Waals surface area (Å²) in [7, 11) is -3.46. The lowest BCUT2D eigenvalue weighted by molar-refractivity contribution is -0.139. The lowest BCUT2D eigenvalue weighted by Gasteiger charge is -2.25. The first-order valence-corrected chi connectivity index (χ1v) is 15.5. The first kappa shape index (κ1) is 28.1. The highest BCUT2D eigenvalue weighted by Gasteiger charge is 2.44. The number of nitrogens with one attached hydrogen (secondary N) is 1. The van der Waals surface area contributed by atoms with Crippen molar-refractivity contribution in [3.63, 3.8) is 0 Å². The molecule has 2 heterocycles. The molecule has 0 saturated heterocycles. The first-order valence-electron chi connectivity index (χ1n) is 13.6. The molecule has 1 aromatic heterocycles. The summed E-state index contributed by atoms with van der Waals surface area (Å²) < 4.78 is 63.0. The number of hydrogen-bond acceptors (Lipinski definition) is 7. The van der Waals surface area contributed by atoms with Crippen molar-refractivity contribution in [2.24, 2.45) is 5.92 Å². The van der Waals surface area contributed by atoms with Gasteiger partial charge in [-0.25, -0.2) is 18.4 Å². The minimum Gasteiger partial charge on any atom is -0.334 e. The summed E-state index contributed by atoms with van der Waals surface area (Å²) in [5.74, 6) is -0.345. The monoisotopic (exact) mass is 599 g/mol. The largest absolute Gasteiger partial charge is 0.416 e. The van der Waals surface area contributed by atoms with Crippen molar-refractivity contribution in [2.75, 3.05) is 16.5 Å². The number of carbonyl (C=O) groups is 2. The number of carbonyl (C=O) groups excluding carboxylic acids is 2. The van der Waals surface area contributed by atoms with Crippen LogP contribution in [0.25, 0.3) is 0 Å². The summed E-state index contributed by atoms with van der Waals surface area (Å²) in [5, 5.41) is 2.79. The van der Waals surface area contributed by atoms with Crippen LogP contribution in [-0.2, 0) is 38.7 Å². The zero-order chi connectivity index (χ0) is 29.8. The highest BCUT2D eigenvalue weighted by molar-refractivity contribution is 7.90. The van der Waals surface area contributed by atoms with Crippen molar-refractivity contribution >= 4 is 33.3 Å². The maximum Gasteiger partial charge on any atom is 0.416 e. The number of anilines is 2. The number of amides is 2. The van der Waals surface area contributed by atoms with Crippen molar-refractivity contribution in [1.29, 1.82) is 0 Å². The number of rotatable bonds is 8. The topological polar surface area (TPSA) is 113 Å². The summed E-state index contributed by atoms with van der Waals surface area (Å²) in [4.78, 5) is 39.0. The fourth-order valence-corrected chi connectivity index (χ4v) is 5.87. The van der Waals surface area contributed by atoms with Crippen LogP contribution in [0.1, 0.15) is 54.0 Å². The Bertz CT molecular complexity index is 1640. The smallest absolute Gasteiger partial charge is 0.334 e. The molecule has 6 rings (SSSR count). The van der Waals surface area contributed by atoms with Gasteiger partial charge < -0.3 is 15.1 Å². The molecular formula is C29H28F3N5O4S. The van der Waals surface area contributed by atoms with E-state index in [1.165, 1.54) is 41.6 Å². The average molecular weight is 600 g/mol. The molecule has 0 bridgehead atoms. The molecular weight excluding hydrogens is 571 g/mol. The minimum absolute atomic E-state index is 0.127. The molecule has 2 aromatic carbocycles. The maximum absolute atomic E-state index is 13.5. The molecule has 2 amide bonds. The van der Waals surface area contributed by atoms with Crippen LogP contribution >= 0.6 is 0 Å². The Morgan fingerprint density at radius 3 is 2.26 bits per heavy atom. The van der Waals surface area contributed by atoms with Crippen molar-refractivity contribution in [1.82, 2.24) is 14.9 Å². The number of benzene rings is 2. The lowest BCUT2D eigenvalue weighted by Crippen LogP contribution is -2.37. The number of nitrogens with zero attached hydrogens (tertiary/aromatic N) is 4. The van der Waals surface area contributed by atoms with E-state index >= 15 is 0 Å². The van der Waals surface area contributed by atoms with Crippen LogP contribution in [0.3, 0.4) is 0 Å². The molecule has 13 heteroatoms. The summed E-state index contributed by atoms with van der Waals surface area (Å²) in [6.07, 6.45) is 2.96. The molecule has 0 radical (unpaired) electrons. The van der Waals surface area contributed by atoms with Crippen LogP contribution in [0.5, 0.6) is 0 Å². The number of alkyl halides is 3. The van der Waals surface area contributed by atoms with Gasteiger partial charge in [-0.2, -0.15) is 13.2 Å². The Balaban J connectivity index is 1.19. The van der Waals surface area contributed by atoms with Crippen LogP contribution in [0.2, 0.25) is 0 Å². The molecule has 3 aromatic rings. The van der Waals surface area contributed by atoms with E-state index in [9.17, 15) is 31.2 Å². The third-order valence-corrected chi connectivity index (χ3v) is 8.84. The first-order chi connectivity index (χ1) is 19.9. The summed E-state index contributed by atoms with van der Waals surface area (Å²) in [5.41, 5.74) is 1.48. The van der Waals surface area contributed by atoms with Gasteiger partial charge in [0, 0.05) is 31.3 Å². The van der Waals surface area contributed by atoms with Gasteiger partial charge in [-0.05, 0) is 66.6 Å². The van der Waals surface area contributed by atoms with Gasteiger partial charge >= 0.3 is 6.18 Å². The Morgan fingerprint density at radius 1 is 1.02 bits per heavy atom. The van der Waals surface area contributed by atoms with E-state index in [4.69, 9.17) is 0 Å². The van der Waals surface area contributed by atoms with Crippen molar-refractivity contribution < 1.29 is 31.2 Å². The van der Waals surface area contributed by atoms with Gasteiger partial charge in [0.25, 0.3) is 5.91 Å². The van der Waals surface area contributed by atoms with E-state index in [0.717, 1.165) is 44.1 Å². The van der Waals surface area contributed by atoms with Gasteiger partial charge in [0.1, 0.15) is 6.04 Å². The number of aromatic nitrogens is 2. The molecule has 0 spiro atoms. The van der Waals surface area contributed by atoms with Crippen LogP contribution in [0.4, 0.5) is 24.8 Å². The molecule has 2 aliphatic carbocycles. The number of sulfone groups is 1. The van der Waals surface area contributed by atoms with Gasteiger partial charge in [-0.3, -0.25) is 9.59 Å². The standard InChI is InChI=1S/C29H28F3N5O4S/c1-42(40,41)23-10-11-24-19(12-23)16-37(27(39)18-4-5-18)25(24)26(38)35-21-13-33-28(34-14-21)36(22-8-9-22)15-17-2-6-20(7-3-17)29(30,31)32/h2-3,6-7,10-14,18,22,25H,4-5,8-9,15-16H2,1H3,(H,35,38)/t25-/m1/s1. The third-order valence-electron chi connectivity index (χ3n) is 7.73. The van der Waals surface area contributed by atoms with Crippen LogP contribution in [-0.4, -0.2) is 47.4 Å². The summed E-state index contributed by atoms with van der Waals surface area (Å²) in [6.45, 7) is 0.475. The van der Waals surface area contributed by atoms with E-state index < -0.39 is 33.5 Å². The van der Waals surface area contributed by atoms with Crippen LogP contribution in [0, 0.1) is 5.92 Å². The van der Waals surface area contributed by atoms with Gasteiger partial charge in [-0.15, -0.1) is 0 Å². The molecule has 0 unspecified atom stereocenters. The van der Waals surface area contributed by atoms with Gasteiger partial charge in [0.2, 0.25) is 11.9 Å². The quantitative estimate of drug-likeness (QED) is 0.406. The van der Waals surface area contributed by atoms with E-state index in [2.05, 4.69) is 15.3 Å². The molecule has 220 valence electrons. The molecule has 1 N–H and O–H groups in total. The third kappa shape index (κ3) is 5.83. The Hall–Kier alpha value is -4.00. The highest BCUT2D eigenvalue weighted by atomic mass is 32.2. The molecule has 2 fully saturated rings. The second-order valence-electron chi connectivity index (χ2n) is 11.1. The summed E-state index contributed by atoms with van der Waals surface area (Å²) >= 11 is 0. The van der Waals surface area contributed by atoms with E-state index in [1.807, 2.05) is 4.90 Å². The maximum atomic E-state index is 13.5. The number of halogens is 3. The van der Waals surface area contributed by atoms with Gasteiger partial charge in [0.15, 0.2) is 9.84 Å². The fourth-order valence-electron chi connectivity index (χ4n) is 5.20. The van der Waals surface area contributed by atoms with Gasteiger partial charge in [0.05, 0.1) is 28.5 Å². The van der Waals surface area contributed by atoms with Gasteiger partial charge in [-0.1, -0.05) is 18.2 Å². The van der Waals surface area contributed by atoms with E-state index in [1.54, 1.807) is 6.07 Å². The molecule has 9 nitrogen and oxygen atoms in total. The van der Waals surface area contributed by atoms with Crippen molar-refractivity contribution in [3.8, 4) is 0 Å². The van der Waals surface area contributed by atoms with E-state index in [-0.39, 0.29) is 29.3 Å². The summed E-state index contributed by atoms with van der Waals surface area (Å²) in [6, 6.07) is 8.79. The normalized spacial score (nSPS) is 18.5.